The number of nitrogens with zero attached hydrogens (tertiary/aromatic N) is 1. The first kappa shape index (κ1) is 34.2. The van der Waals surface area contributed by atoms with Crippen LogP contribution >= 0.6 is 0 Å². The molecular formula is C36H47N3O5. The minimum absolute atomic E-state index is 0.0929. The molecule has 2 atom stereocenters. The van der Waals surface area contributed by atoms with Crippen LogP contribution in [0.4, 0.5) is 4.79 Å². The average Bonchev–Trinajstić information content (AvgIpc) is 2.96. The van der Waals surface area contributed by atoms with E-state index >= 15 is 0 Å². The Morgan fingerprint density at radius 2 is 1.50 bits per heavy atom. The first-order valence-corrected chi connectivity index (χ1v) is 15.1. The molecule has 2 unspecified atom stereocenters. The van der Waals surface area contributed by atoms with E-state index in [9.17, 15) is 19.5 Å². The highest BCUT2D eigenvalue weighted by Gasteiger charge is 2.43. The Labute approximate surface area is 261 Å². The Kier molecular flexibility index (Phi) is 11.2. The second-order valence-corrected chi connectivity index (χ2v) is 12.9. The number of alkyl carbamates (subject to hydrolysis) is 1. The zero-order chi connectivity index (χ0) is 32.7. The lowest BCUT2D eigenvalue weighted by Gasteiger charge is -2.44. The van der Waals surface area contributed by atoms with E-state index in [4.69, 9.17) is 4.74 Å². The highest BCUT2D eigenvalue weighted by Crippen LogP contribution is 2.33. The maximum Gasteiger partial charge on any atom is 0.408 e. The predicted molar refractivity (Wildman–Crippen MR) is 173 cm³/mol. The van der Waals surface area contributed by atoms with Gasteiger partial charge in [0.15, 0.2) is 0 Å². The summed E-state index contributed by atoms with van der Waals surface area (Å²) in [5.74, 6) is -0.656. The topological polar surface area (TPSA) is 108 Å². The van der Waals surface area contributed by atoms with E-state index in [0.717, 1.165) is 22.3 Å². The molecule has 0 spiro atoms. The Morgan fingerprint density at radius 1 is 0.864 bits per heavy atom. The van der Waals surface area contributed by atoms with Crippen molar-refractivity contribution in [3.05, 3.63) is 101 Å². The molecule has 0 radical (unpaired) electrons. The fraction of sp³-hybridized carbons (Fsp3) is 0.417. The van der Waals surface area contributed by atoms with Gasteiger partial charge in [0.25, 0.3) is 0 Å². The molecule has 0 saturated carbocycles. The molecule has 236 valence electrons. The van der Waals surface area contributed by atoms with E-state index in [1.54, 1.807) is 37.8 Å². The molecule has 3 aromatic rings. The van der Waals surface area contributed by atoms with Crippen molar-refractivity contribution in [3.63, 3.8) is 0 Å². The molecule has 3 amide bonds. The van der Waals surface area contributed by atoms with Gasteiger partial charge in [-0.3, -0.25) is 9.59 Å². The normalized spacial score (nSPS) is 13.0. The largest absolute Gasteiger partial charge is 0.508 e. The second-order valence-electron chi connectivity index (χ2n) is 12.9. The van der Waals surface area contributed by atoms with Crippen molar-refractivity contribution in [2.45, 2.75) is 98.0 Å². The van der Waals surface area contributed by atoms with Gasteiger partial charge in [-0.2, -0.15) is 0 Å². The number of phenolic OH excluding ortho intramolecular Hbond substituents is 1. The summed E-state index contributed by atoms with van der Waals surface area (Å²) >= 11 is 0. The monoisotopic (exact) mass is 601 g/mol. The van der Waals surface area contributed by atoms with Crippen LogP contribution in [-0.2, 0) is 27.3 Å². The number of hydrogen-bond acceptors (Lipinski definition) is 5. The van der Waals surface area contributed by atoms with Crippen LogP contribution in [0.1, 0.15) is 81.8 Å². The van der Waals surface area contributed by atoms with Gasteiger partial charge in [0.05, 0.1) is 0 Å². The number of amides is 3. The SMILES string of the molecule is CCC(C)(C)N(C(=O)C(Cc1ccc(O)cc1)NC(=O)OC(C)(C)C)C(C(=O)NCc1ccccc1)c1ccc(C)c(C)c1. The second kappa shape index (κ2) is 14.4. The average molecular weight is 602 g/mol. The number of hydrogen-bond donors (Lipinski definition) is 3. The maximum absolute atomic E-state index is 14.8. The Hall–Kier alpha value is -4.33. The van der Waals surface area contributed by atoms with Crippen molar-refractivity contribution in [2.24, 2.45) is 0 Å². The Bertz CT molecular complexity index is 1430. The van der Waals surface area contributed by atoms with Crippen molar-refractivity contribution < 1.29 is 24.2 Å². The lowest BCUT2D eigenvalue weighted by molar-refractivity contribution is -0.149. The Morgan fingerprint density at radius 3 is 2.07 bits per heavy atom. The maximum atomic E-state index is 14.8. The first-order valence-electron chi connectivity index (χ1n) is 15.1. The van der Waals surface area contributed by atoms with E-state index in [1.165, 1.54) is 12.1 Å². The molecule has 0 bridgehead atoms. The van der Waals surface area contributed by atoms with Gasteiger partial charge in [-0.1, -0.05) is 67.6 Å². The molecule has 0 aliphatic carbocycles. The molecule has 0 aromatic heterocycles. The van der Waals surface area contributed by atoms with Crippen molar-refractivity contribution in [3.8, 4) is 5.75 Å². The van der Waals surface area contributed by atoms with E-state index in [-0.39, 0.29) is 18.1 Å². The minimum atomic E-state index is -1.06. The summed E-state index contributed by atoms with van der Waals surface area (Å²) in [6.07, 6.45) is -0.0650. The minimum Gasteiger partial charge on any atom is -0.508 e. The Balaban J connectivity index is 2.12. The molecule has 0 saturated heterocycles. The van der Waals surface area contributed by atoms with Crippen molar-refractivity contribution in [1.29, 1.82) is 0 Å². The van der Waals surface area contributed by atoms with Gasteiger partial charge in [0, 0.05) is 18.5 Å². The number of aromatic hydroxyl groups is 1. The number of carbonyl (C=O) groups is 3. The summed E-state index contributed by atoms with van der Waals surface area (Å²) in [5, 5.41) is 15.7. The lowest BCUT2D eigenvalue weighted by Crippen LogP contribution is -2.59. The van der Waals surface area contributed by atoms with Crippen LogP contribution in [0.2, 0.25) is 0 Å². The lowest BCUT2D eigenvalue weighted by atomic mass is 9.90. The van der Waals surface area contributed by atoms with Crippen molar-refractivity contribution >= 4 is 17.9 Å². The number of rotatable bonds is 11. The number of aryl methyl sites for hydroxylation is 2. The predicted octanol–water partition coefficient (Wildman–Crippen LogP) is 6.52. The smallest absolute Gasteiger partial charge is 0.408 e. The molecule has 0 heterocycles. The summed E-state index contributed by atoms with van der Waals surface area (Å²) < 4.78 is 5.54. The third kappa shape index (κ3) is 9.33. The van der Waals surface area contributed by atoms with Crippen LogP contribution in [0.15, 0.2) is 72.8 Å². The highest BCUT2D eigenvalue weighted by atomic mass is 16.6. The number of phenols is 1. The molecule has 8 nitrogen and oxygen atoms in total. The van der Waals surface area contributed by atoms with Gasteiger partial charge in [-0.15, -0.1) is 0 Å². The quantitative estimate of drug-likeness (QED) is 0.232. The molecule has 0 aliphatic heterocycles. The summed E-state index contributed by atoms with van der Waals surface area (Å²) in [4.78, 5) is 43.7. The molecule has 3 N–H and O–H groups in total. The van der Waals surface area contributed by atoms with Crippen molar-refractivity contribution in [2.75, 3.05) is 0 Å². The zero-order valence-electron chi connectivity index (χ0n) is 27.2. The molecule has 3 rings (SSSR count). The molecule has 3 aromatic carbocycles. The molecule has 44 heavy (non-hydrogen) atoms. The summed E-state index contributed by atoms with van der Waals surface area (Å²) in [5.41, 5.74) is 2.84. The first-order chi connectivity index (χ1) is 20.6. The van der Waals surface area contributed by atoms with Crippen molar-refractivity contribution in [1.82, 2.24) is 15.5 Å². The van der Waals surface area contributed by atoms with Gasteiger partial charge in [-0.05, 0) is 94.8 Å². The van der Waals surface area contributed by atoms with Gasteiger partial charge in [-0.25, -0.2) is 4.79 Å². The van der Waals surface area contributed by atoms with Crippen LogP contribution < -0.4 is 10.6 Å². The fourth-order valence-electron chi connectivity index (χ4n) is 4.87. The standard InChI is InChI=1S/C36H47N3O5/c1-9-36(7,8)39(33(42)30(38-34(43)44-35(4,5)6)22-26-16-19-29(40)20-17-26)31(28-18-15-24(2)25(3)21-28)32(41)37-23-27-13-11-10-12-14-27/h10-21,30-31,40H,9,22-23H2,1-8H3,(H,37,41)(H,38,43). The fourth-order valence-corrected chi connectivity index (χ4v) is 4.87. The third-order valence-corrected chi connectivity index (χ3v) is 7.78. The van der Waals surface area contributed by atoms with Gasteiger partial charge >= 0.3 is 6.09 Å². The van der Waals surface area contributed by atoms with E-state index in [1.807, 2.05) is 83.1 Å². The van der Waals surface area contributed by atoms with Crippen LogP contribution in [-0.4, -0.2) is 45.1 Å². The molecule has 0 aliphatic rings. The number of nitrogens with one attached hydrogen (secondary N) is 2. The van der Waals surface area contributed by atoms with Crippen LogP contribution in [0.25, 0.3) is 0 Å². The van der Waals surface area contributed by atoms with Crippen LogP contribution in [0, 0.1) is 13.8 Å². The summed E-state index contributed by atoms with van der Waals surface area (Å²) in [6.45, 7) is 15.4. The molecular weight excluding hydrogens is 554 g/mol. The van der Waals surface area contributed by atoms with Gasteiger partial charge in [0.1, 0.15) is 23.4 Å². The summed E-state index contributed by atoms with van der Waals surface area (Å²) in [6, 6.07) is 19.8. The van der Waals surface area contributed by atoms with E-state index in [0.29, 0.717) is 18.5 Å². The van der Waals surface area contributed by atoms with E-state index < -0.39 is 35.2 Å². The molecule has 8 heteroatoms. The van der Waals surface area contributed by atoms with E-state index in [2.05, 4.69) is 10.6 Å². The van der Waals surface area contributed by atoms with Gasteiger partial charge in [0.2, 0.25) is 11.8 Å². The van der Waals surface area contributed by atoms with Crippen LogP contribution in [0.5, 0.6) is 5.75 Å². The number of benzene rings is 3. The highest BCUT2D eigenvalue weighted by molar-refractivity contribution is 5.93. The van der Waals surface area contributed by atoms with Crippen LogP contribution in [0.3, 0.4) is 0 Å². The number of carbonyl (C=O) groups excluding carboxylic acids is 3. The third-order valence-electron chi connectivity index (χ3n) is 7.78. The molecule has 0 fully saturated rings. The number of ether oxygens (including phenoxy) is 1. The zero-order valence-corrected chi connectivity index (χ0v) is 27.2. The summed E-state index contributed by atoms with van der Waals surface area (Å²) in [7, 11) is 0. The van der Waals surface area contributed by atoms with Gasteiger partial charge < -0.3 is 25.4 Å².